The van der Waals surface area contributed by atoms with Crippen molar-refractivity contribution in [1.29, 1.82) is 0 Å². The fraction of sp³-hybridized carbons (Fsp3) is 0.389. The quantitative estimate of drug-likeness (QED) is 0.691. The molecule has 3 N–H and O–H groups in total. The minimum Gasteiger partial charge on any atom is -0.481 e. The van der Waals surface area contributed by atoms with Crippen LogP contribution in [0.4, 0.5) is 5.13 Å². The normalized spacial score (nSPS) is 19.4. The highest BCUT2D eigenvalue weighted by molar-refractivity contribution is 7.17. The van der Waals surface area contributed by atoms with E-state index >= 15 is 0 Å². The molecular formula is C18H19N3O5S. The number of rotatable bonds is 6. The highest BCUT2D eigenvalue weighted by atomic mass is 32.1. The molecule has 1 heterocycles. The van der Waals surface area contributed by atoms with E-state index in [9.17, 15) is 14.4 Å². The molecule has 0 atom stereocenters. The van der Waals surface area contributed by atoms with Crippen molar-refractivity contribution in [3.63, 3.8) is 0 Å². The number of hydrogen-bond acceptors (Lipinski definition) is 6. The molecule has 0 aliphatic heterocycles. The van der Waals surface area contributed by atoms with Crippen molar-refractivity contribution in [2.75, 3.05) is 5.32 Å². The van der Waals surface area contributed by atoms with Gasteiger partial charge < -0.3 is 10.2 Å². The van der Waals surface area contributed by atoms with Crippen molar-refractivity contribution in [1.82, 2.24) is 10.2 Å². The van der Waals surface area contributed by atoms with Crippen LogP contribution in [0.1, 0.15) is 63.7 Å². The Kier molecular flexibility index (Phi) is 5.80. The minimum absolute atomic E-state index is 0.137. The molecule has 9 heteroatoms. The highest BCUT2D eigenvalue weighted by Gasteiger charge is 2.24. The maximum atomic E-state index is 12.3. The summed E-state index contributed by atoms with van der Waals surface area (Å²) in [7, 11) is 0. The van der Waals surface area contributed by atoms with Gasteiger partial charge in [-0.3, -0.25) is 14.9 Å². The van der Waals surface area contributed by atoms with Gasteiger partial charge in [-0.25, -0.2) is 4.79 Å². The first kappa shape index (κ1) is 19.0. The molecule has 1 fully saturated rings. The molecule has 0 spiro atoms. The van der Waals surface area contributed by atoms with E-state index in [2.05, 4.69) is 15.5 Å². The zero-order chi connectivity index (χ0) is 19.4. The van der Waals surface area contributed by atoms with Crippen LogP contribution in [0.5, 0.6) is 0 Å². The Morgan fingerprint density at radius 3 is 2.26 bits per heavy atom. The Hall–Kier alpha value is -2.81. The molecule has 0 unspecified atom stereocenters. The summed E-state index contributed by atoms with van der Waals surface area (Å²) >= 11 is 0.799. The van der Waals surface area contributed by atoms with E-state index in [-0.39, 0.29) is 28.4 Å². The van der Waals surface area contributed by atoms with Crippen LogP contribution >= 0.6 is 11.3 Å². The minimum atomic E-state index is -1.18. The summed E-state index contributed by atoms with van der Waals surface area (Å²) in [6, 6.07) is 7.29. The molecule has 1 amide bonds. The predicted molar refractivity (Wildman–Crippen MR) is 98.2 cm³/mol. The molecule has 1 aliphatic rings. The zero-order valence-corrected chi connectivity index (χ0v) is 15.2. The van der Waals surface area contributed by atoms with Gasteiger partial charge in [0.1, 0.15) is 0 Å². The van der Waals surface area contributed by atoms with Crippen molar-refractivity contribution in [2.24, 2.45) is 5.92 Å². The number of nitrogens with one attached hydrogen (secondary N) is 1. The Balaban J connectivity index is 1.57. The van der Waals surface area contributed by atoms with Gasteiger partial charge in [-0.15, -0.1) is 10.2 Å². The van der Waals surface area contributed by atoms with Gasteiger partial charge in [0, 0.05) is 12.0 Å². The van der Waals surface area contributed by atoms with Crippen LogP contribution in [-0.2, 0) is 4.79 Å². The third-order valence-electron chi connectivity index (χ3n) is 4.78. The average Bonchev–Trinajstić information content (AvgIpc) is 3.11. The number of anilines is 1. The maximum absolute atomic E-state index is 12.3. The fourth-order valence-electron chi connectivity index (χ4n) is 3.38. The van der Waals surface area contributed by atoms with E-state index in [0.717, 1.165) is 42.6 Å². The number of hydrogen-bond donors (Lipinski definition) is 3. The molecule has 8 nitrogen and oxygen atoms in total. The van der Waals surface area contributed by atoms with E-state index in [0.29, 0.717) is 11.5 Å². The average molecular weight is 389 g/mol. The second-order valence-corrected chi connectivity index (χ2v) is 7.59. The van der Waals surface area contributed by atoms with E-state index in [4.69, 9.17) is 10.2 Å². The summed E-state index contributed by atoms with van der Waals surface area (Å²) in [6.45, 7) is 0. The van der Waals surface area contributed by atoms with Gasteiger partial charge in [0.2, 0.25) is 10.1 Å². The summed E-state index contributed by atoms with van der Waals surface area (Å²) in [4.78, 5) is 33.9. The SMILES string of the molecule is O=C(O)CC1CCC(c2ccc(C(=O)Nc3nnc(C(=O)O)s3)cc2)CC1. The zero-order valence-electron chi connectivity index (χ0n) is 14.4. The smallest absolute Gasteiger partial charge is 0.367 e. The van der Waals surface area contributed by atoms with Crippen LogP contribution < -0.4 is 5.32 Å². The van der Waals surface area contributed by atoms with Gasteiger partial charge in [0.25, 0.3) is 5.91 Å². The number of aliphatic carboxylic acids is 1. The van der Waals surface area contributed by atoms with Crippen molar-refractivity contribution < 1.29 is 24.6 Å². The fourth-order valence-corrected chi connectivity index (χ4v) is 3.96. The summed E-state index contributed by atoms with van der Waals surface area (Å²) in [6.07, 6.45) is 3.95. The second kappa shape index (κ2) is 8.26. The third kappa shape index (κ3) is 4.88. The maximum Gasteiger partial charge on any atom is 0.367 e. The first-order chi connectivity index (χ1) is 12.9. The van der Waals surface area contributed by atoms with E-state index in [1.807, 2.05) is 12.1 Å². The summed E-state index contributed by atoms with van der Waals surface area (Å²) in [5, 5.41) is 27.3. The highest BCUT2D eigenvalue weighted by Crippen LogP contribution is 2.37. The lowest BCUT2D eigenvalue weighted by Gasteiger charge is -2.28. The third-order valence-corrected chi connectivity index (χ3v) is 5.61. The topological polar surface area (TPSA) is 129 Å². The Morgan fingerprint density at radius 1 is 1.04 bits per heavy atom. The van der Waals surface area contributed by atoms with Crippen molar-refractivity contribution in [3.8, 4) is 0 Å². The van der Waals surface area contributed by atoms with Crippen LogP contribution in [0.15, 0.2) is 24.3 Å². The van der Waals surface area contributed by atoms with Gasteiger partial charge in [0.05, 0.1) is 0 Å². The number of carbonyl (C=O) groups is 3. The molecule has 1 aromatic heterocycles. The van der Waals surface area contributed by atoms with Crippen molar-refractivity contribution in [3.05, 3.63) is 40.4 Å². The van der Waals surface area contributed by atoms with E-state index in [1.54, 1.807) is 12.1 Å². The number of carboxylic acids is 2. The lowest BCUT2D eigenvalue weighted by atomic mass is 9.77. The monoisotopic (exact) mass is 389 g/mol. The van der Waals surface area contributed by atoms with Crippen molar-refractivity contribution in [2.45, 2.75) is 38.0 Å². The van der Waals surface area contributed by atoms with Gasteiger partial charge in [-0.2, -0.15) is 0 Å². The molecule has 142 valence electrons. The second-order valence-electron chi connectivity index (χ2n) is 6.61. The predicted octanol–water partition coefficient (Wildman–Crippen LogP) is 3.24. The summed E-state index contributed by atoms with van der Waals surface area (Å²) in [5.74, 6) is -1.66. The van der Waals surface area contributed by atoms with Crippen LogP contribution in [-0.4, -0.2) is 38.3 Å². The number of amides is 1. The largest absolute Gasteiger partial charge is 0.481 e. The first-order valence-electron chi connectivity index (χ1n) is 8.62. The van der Waals surface area contributed by atoms with Crippen LogP contribution in [0.25, 0.3) is 0 Å². The number of carbonyl (C=O) groups excluding carboxylic acids is 1. The number of carboxylic acid groups (broad SMARTS) is 2. The lowest BCUT2D eigenvalue weighted by Crippen LogP contribution is -2.16. The number of aromatic carboxylic acids is 1. The Bertz CT molecular complexity index is 841. The molecular weight excluding hydrogens is 370 g/mol. The van der Waals surface area contributed by atoms with Crippen LogP contribution in [0.3, 0.4) is 0 Å². The Morgan fingerprint density at radius 2 is 1.70 bits per heavy atom. The molecule has 1 aliphatic carbocycles. The van der Waals surface area contributed by atoms with Crippen LogP contribution in [0, 0.1) is 5.92 Å². The molecule has 0 saturated heterocycles. The van der Waals surface area contributed by atoms with Crippen molar-refractivity contribution >= 4 is 34.3 Å². The Labute approximate surface area is 159 Å². The molecule has 0 bridgehead atoms. The summed E-state index contributed by atoms with van der Waals surface area (Å²) < 4.78 is 0. The molecule has 3 rings (SSSR count). The lowest BCUT2D eigenvalue weighted by molar-refractivity contribution is -0.138. The first-order valence-corrected chi connectivity index (χ1v) is 9.44. The molecule has 0 radical (unpaired) electrons. The number of aromatic nitrogens is 2. The summed E-state index contributed by atoms with van der Waals surface area (Å²) in [5.41, 5.74) is 1.59. The molecule has 27 heavy (non-hydrogen) atoms. The number of nitrogens with zero attached hydrogens (tertiary/aromatic N) is 2. The standard InChI is InChI=1S/C18H19N3O5S/c22-14(23)9-10-1-3-11(4-2-10)12-5-7-13(8-6-12)15(24)19-18-21-20-16(27-18)17(25)26/h5-8,10-11H,1-4,9H2,(H,22,23)(H,25,26)(H,19,21,24). The van der Waals surface area contributed by atoms with Gasteiger partial charge in [-0.1, -0.05) is 23.5 Å². The van der Waals surface area contributed by atoms with Gasteiger partial charge >= 0.3 is 11.9 Å². The van der Waals surface area contributed by atoms with Gasteiger partial charge in [0.15, 0.2) is 0 Å². The molecule has 1 aromatic carbocycles. The van der Waals surface area contributed by atoms with E-state index in [1.165, 1.54) is 0 Å². The van der Waals surface area contributed by atoms with E-state index < -0.39 is 11.9 Å². The molecule has 2 aromatic rings. The molecule has 1 saturated carbocycles. The van der Waals surface area contributed by atoms with Gasteiger partial charge in [-0.05, 0) is 55.2 Å². The van der Waals surface area contributed by atoms with Crippen LogP contribution in [0.2, 0.25) is 0 Å². The number of benzene rings is 1.